The third kappa shape index (κ3) is 5.76. The van der Waals surface area contributed by atoms with Gasteiger partial charge in [-0.3, -0.25) is 4.79 Å². The molecule has 1 heterocycles. The van der Waals surface area contributed by atoms with Crippen LogP contribution in [0.15, 0.2) is 30.3 Å². The number of amides is 2. The maximum Gasteiger partial charge on any atom is 0.410 e. The maximum absolute atomic E-state index is 12.2. The molecule has 0 aromatic heterocycles. The summed E-state index contributed by atoms with van der Waals surface area (Å²) in [4.78, 5) is 27.6. The summed E-state index contributed by atoms with van der Waals surface area (Å²) in [5.74, 6) is 0.815. The van der Waals surface area contributed by atoms with Gasteiger partial charge in [0.15, 0.2) is 0 Å². The maximum atomic E-state index is 12.2. The van der Waals surface area contributed by atoms with Crippen molar-refractivity contribution in [2.45, 2.75) is 32.8 Å². The van der Waals surface area contributed by atoms with Crippen LogP contribution in [0.25, 0.3) is 0 Å². The fourth-order valence-corrected chi connectivity index (χ4v) is 2.40. The number of hydrogen-bond donors (Lipinski definition) is 0. The second-order valence-corrected chi connectivity index (χ2v) is 6.76. The molecule has 6 heteroatoms. The Morgan fingerprint density at radius 2 is 1.58 bits per heavy atom. The van der Waals surface area contributed by atoms with Crippen molar-refractivity contribution < 1.29 is 19.1 Å². The molecule has 132 valence electrons. The molecule has 1 saturated heterocycles. The third-order valence-electron chi connectivity index (χ3n) is 3.61. The molecule has 0 aliphatic carbocycles. The molecule has 6 nitrogen and oxygen atoms in total. The van der Waals surface area contributed by atoms with Gasteiger partial charge in [0.1, 0.15) is 11.4 Å². The molecule has 1 aliphatic rings. The van der Waals surface area contributed by atoms with Crippen molar-refractivity contribution in [1.82, 2.24) is 9.80 Å². The average Bonchev–Trinajstić information content (AvgIpc) is 2.54. The number of hydrogen-bond acceptors (Lipinski definition) is 4. The number of rotatable bonds is 4. The number of ether oxygens (including phenoxy) is 2. The van der Waals surface area contributed by atoms with Gasteiger partial charge in [0.25, 0.3) is 0 Å². The predicted molar refractivity (Wildman–Crippen MR) is 90.9 cm³/mol. The van der Waals surface area contributed by atoms with E-state index in [-0.39, 0.29) is 12.0 Å². The van der Waals surface area contributed by atoms with Crippen LogP contribution in [-0.2, 0) is 9.53 Å². The summed E-state index contributed by atoms with van der Waals surface area (Å²) in [5, 5.41) is 0. The van der Waals surface area contributed by atoms with E-state index < -0.39 is 5.60 Å². The molecule has 1 aromatic rings. The van der Waals surface area contributed by atoms with E-state index in [4.69, 9.17) is 9.47 Å². The minimum absolute atomic E-state index is 0.0507. The van der Waals surface area contributed by atoms with Crippen LogP contribution in [0.1, 0.15) is 27.2 Å². The van der Waals surface area contributed by atoms with E-state index in [1.54, 1.807) is 9.80 Å². The molecule has 2 rings (SSSR count). The van der Waals surface area contributed by atoms with Crippen LogP contribution in [0.4, 0.5) is 4.79 Å². The van der Waals surface area contributed by atoms with E-state index in [2.05, 4.69) is 0 Å². The summed E-state index contributed by atoms with van der Waals surface area (Å²) in [6, 6.07) is 9.44. The van der Waals surface area contributed by atoms with Gasteiger partial charge in [-0.2, -0.15) is 0 Å². The summed E-state index contributed by atoms with van der Waals surface area (Å²) in [6.07, 6.45) is 0.0171. The predicted octanol–water partition coefficient (Wildman–Crippen LogP) is 2.53. The number of nitrogens with zero attached hydrogens (tertiary/aromatic N) is 2. The zero-order valence-electron chi connectivity index (χ0n) is 14.7. The Morgan fingerprint density at radius 1 is 1.00 bits per heavy atom. The van der Waals surface area contributed by atoms with Crippen molar-refractivity contribution in [3.63, 3.8) is 0 Å². The second kappa shape index (κ2) is 8.04. The lowest BCUT2D eigenvalue weighted by Gasteiger charge is -2.35. The molecule has 1 aromatic carbocycles. The Balaban J connectivity index is 1.70. The van der Waals surface area contributed by atoms with Crippen LogP contribution in [0.3, 0.4) is 0 Å². The van der Waals surface area contributed by atoms with Crippen LogP contribution in [0.5, 0.6) is 5.75 Å². The van der Waals surface area contributed by atoms with Crippen LogP contribution in [0.2, 0.25) is 0 Å². The lowest BCUT2D eigenvalue weighted by molar-refractivity contribution is -0.133. The molecule has 1 aliphatic heterocycles. The van der Waals surface area contributed by atoms with E-state index >= 15 is 0 Å². The molecule has 0 atom stereocenters. The molecule has 0 bridgehead atoms. The number of piperazine rings is 1. The van der Waals surface area contributed by atoms with Gasteiger partial charge < -0.3 is 19.3 Å². The van der Waals surface area contributed by atoms with Crippen LogP contribution < -0.4 is 4.74 Å². The molecule has 2 amide bonds. The summed E-state index contributed by atoms with van der Waals surface area (Å²) < 4.78 is 10.9. The number of carbonyl (C=O) groups is 2. The molecule has 1 fully saturated rings. The van der Waals surface area contributed by atoms with Crippen LogP contribution in [-0.4, -0.2) is 60.2 Å². The highest BCUT2D eigenvalue weighted by Crippen LogP contribution is 2.13. The zero-order valence-corrected chi connectivity index (χ0v) is 14.7. The number of carbonyl (C=O) groups excluding carboxylic acids is 2. The van der Waals surface area contributed by atoms with Gasteiger partial charge in [-0.05, 0) is 32.9 Å². The SMILES string of the molecule is CC(C)(C)OC(=O)N1CCN(C(=O)CCOc2ccccc2)CC1. The molecular formula is C18H26N2O4. The summed E-state index contributed by atoms with van der Waals surface area (Å²) >= 11 is 0. The lowest BCUT2D eigenvalue weighted by Crippen LogP contribution is -2.51. The molecule has 0 radical (unpaired) electrons. The first-order valence-corrected chi connectivity index (χ1v) is 8.29. The fourth-order valence-electron chi connectivity index (χ4n) is 2.40. The standard InChI is InChI=1S/C18H26N2O4/c1-18(2,3)24-17(22)20-12-10-19(11-13-20)16(21)9-14-23-15-7-5-4-6-8-15/h4-8H,9-14H2,1-3H3. The van der Waals surface area contributed by atoms with Gasteiger partial charge in [0.2, 0.25) is 5.91 Å². The Hall–Kier alpha value is -2.24. The van der Waals surface area contributed by atoms with Crippen molar-refractivity contribution in [2.24, 2.45) is 0 Å². The van der Waals surface area contributed by atoms with E-state index in [0.717, 1.165) is 5.75 Å². The van der Waals surface area contributed by atoms with Crippen LogP contribution in [0, 0.1) is 0 Å². The first-order valence-electron chi connectivity index (χ1n) is 8.29. The van der Waals surface area contributed by atoms with Gasteiger partial charge in [-0.15, -0.1) is 0 Å². The Bertz CT molecular complexity index is 546. The summed E-state index contributed by atoms with van der Waals surface area (Å²) in [7, 11) is 0. The molecule has 24 heavy (non-hydrogen) atoms. The molecule has 0 spiro atoms. The first kappa shape index (κ1) is 18.1. The average molecular weight is 334 g/mol. The summed E-state index contributed by atoms with van der Waals surface area (Å²) in [6.45, 7) is 7.95. The molecular weight excluding hydrogens is 308 g/mol. The number of para-hydroxylation sites is 1. The highest BCUT2D eigenvalue weighted by Gasteiger charge is 2.27. The topological polar surface area (TPSA) is 59.1 Å². The Morgan fingerprint density at radius 3 is 2.17 bits per heavy atom. The van der Waals surface area contributed by atoms with Crippen molar-refractivity contribution >= 4 is 12.0 Å². The van der Waals surface area contributed by atoms with Gasteiger partial charge in [-0.1, -0.05) is 18.2 Å². The zero-order chi connectivity index (χ0) is 17.6. The first-order chi connectivity index (χ1) is 11.3. The Labute approximate surface area is 143 Å². The van der Waals surface area contributed by atoms with Gasteiger partial charge in [0, 0.05) is 26.2 Å². The quantitative estimate of drug-likeness (QED) is 0.849. The minimum atomic E-state index is -0.501. The summed E-state index contributed by atoms with van der Waals surface area (Å²) in [5.41, 5.74) is -0.501. The highest BCUT2D eigenvalue weighted by atomic mass is 16.6. The molecule has 0 N–H and O–H groups in total. The molecule has 0 unspecified atom stereocenters. The molecule has 0 saturated carbocycles. The van der Waals surface area contributed by atoms with Gasteiger partial charge in [-0.25, -0.2) is 4.79 Å². The minimum Gasteiger partial charge on any atom is -0.493 e. The van der Waals surface area contributed by atoms with E-state index in [9.17, 15) is 9.59 Å². The van der Waals surface area contributed by atoms with Gasteiger partial charge >= 0.3 is 6.09 Å². The Kier molecular flexibility index (Phi) is 6.06. The largest absolute Gasteiger partial charge is 0.493 e. The van der Waals surface area contributed by atoms with E-state index in [1.165, 1.54) is 0 Å². The normalized spacial score (nSPS) is 15.1. The second-order valence-electron chi connectivity index (χ2n) is 6.76. The van der Waals surface area contributed by atoms with Crippen molar-refractivity contribution in [1.29, 1.82) is 0 Å². The van der Waals surface area contributed by atoms with Crippen molar-refractivity contribution in [3.8, 4) is 5.75 Å². The van der Waals surface area contributed by atoms with E-state index in [1.807, 2.05) is 51.1 Å². The fraction of sp³-hybridized carbons (Fsp3) is 0.556. The van der Waals surface area contributed by atoms with Crippen molar-refractivity contribution in [2.75, 3.05) is 32.8 Å². The van der Waals surface area contributed by atoms with Crippen LogP contribution >= 0.6 is 0 Å². The van der Waals surface area contributed by atoms with Gasteiger partial charge in [0.05, 0.1) is 13.0 Å². The monoisotopic (exact) mass is 334 g/mol. The van der Waals surface area contributed by atoms with E-state index in [0.29, 0.717) is 39.2 Å². The third-order valence-corrected chi connectivity index (χ3v) is 3.61. The highest BCUT2D eigenvalue weighted by molar-refractivity contribution is 5.77. The number of benzene rings is 1. The lowest BCUT2D eigenvalue weighted by atomic mass is 10.2. The van der Waals surface area contributed by atoms with Crippen molar-refractivity contribution in [3.05, 3.63) is 30.3 Å². The smallest absolute Gasteiger partial charge is 0.410 e.